The molecule has 0 spiro atoms. The maximum atomic E-state index is 9.25. The van der Waals surface area contributed by atoms with Gasteiger partial charge in [-0.2, -0.15) is 0 Å². The number of nitrogens with one attached hydrogen (secondary N) is 1. The number of aliphatic hydroxyl groups is 1. The molecular formula is C12H26N2O. The van der Waals surface area contributed by atoms with E-state index >= 15 is 0 Å². The van der Waals surface area contributed by atoms with Crippen molar-refractivity contribution in [3.63, 3.8) is 0 Å². The summed E-state index contributed by atoms with van der Waals surface area (Å²) in [6.07, 6.45) is 2.39. The molecule has 0 aromatic rings. The minimum atomic E-state index is -0.122. The minimum absolute atomic E-state index is 0.122. The molecule has 0 radical (unpaired) electrons. The Hall–Kier alpha value is -0.120. The van der Waals surface area contributed by atoms with E-state index in [9.17, 15) is 5.11 Å². The van der Waals surface area contributed by atoms with Crippen LogP contribution in [0.3, 0.4) is 0 Å². The number of hydrogen-bond donors (Lipinski definition) is 2. The Morgan fingerprint density at radius 1 is 1.53 bits per heavy atom. The first kappa shape index (κ1) is 12.9. The molecule has 3 heteroatoms. The van der Waals surface area contributed by atoms with Crippen LogP contribution in [0.5, 0.6) is 0 Å². The Labute approximate surface area is 93.9 Å². The van der Waals surface area contributed by atoms with E-state index in [0.717, 1.165) is 24.8 Å². The standard InChI is InChI=1S/C12H26N2O/c1-10-7-11(10)8-14(4)6-5-12(2,9-15)13-3/h10-11,13,15H,5-9H2,1-4H3. The minimum Gasteiger partial charge on any atom is -0.394 e. The van der Waals surface area contributed by atoms with Gasteiger partial charge in [0, 0.05) is 12.1 Å². The van der Waals surface area contributed by atoms with E-state index in [-0.39, 0.29) is 12.1 Å². The van der Waals surface area contributed by atoms with Gasteiger partial charge in [0.15, 0.2) is 0 Å². The van der Waals surface area contributed by atoms with Gasteiger partial charge in [-0.05, 0) is 52.2 Å². The highest BCUT2D eigenvalue weighted by Gasteiger charge is 2.33. The zero-order valence-electron chi connectivity index (χ0n) is 10.6. The van der Waals surface area contributed by atoms with Gasteiger partial charge in [0.25, 0.3) is 0 Å². The molecule has 1 fully saturated rings. The van der Waals surface area contributed by atoms with Crippen LogP contribution in [0.4, 0.5) is 0 Å². The Balaban J connectivity index is 2.17. The van der Waals surface area contributed by atoms with Crippen molar-refractivity contribution in [1.82, 2.24) is 10.2 Å². The molecule has 3 unspecified atom stereocenters. The molecule has 0 aliphatic heterocycles. The summed E-state index contributed by atoms with van der Waals surface area (Å²) < 4.78 is 0. The summed E-state index contributed by atoms with van der Waals surface area (Å²) in [5.74, 6) is 1.85. The third kappa shape index (κ3) is 4.09. The van der Waals surface area contributed by atoms with Gasteiger partial charge >= 0.3 is 0 Å². The van der Waals surface area contributed by atoms with Crippen LogP contribution in [0, 0.1) is 11.8 Å². The second kappa shape index (κ2) is 5.28. The van der Waals surface area contributed by atoms with Crippen LogP contribution in [0.2, 0.25) is 0 Å². The quantitative estimate of drug-likeness (QED) is 0.662. The van der Waals surface area contributed by atoms with Gasteiger partial charge in [0.2, 0.25) is 0 Å². The van der Waals surface area contributed by atoms with Crippen molar-refractivity contribution in [2.24, 2.45) is 11.8 Å². The number of aliphatic hydroxyl groups excluding tert-OH is 1. The molecular weight excluding hydrogens is 188 g/mol. The average molecular weight is 214 g/mol. The average Bonchev–Trinajstić information content (AvgIpc) is 2.91. The molecule has 1 rings (SSSR count). The fourth-order valence-corrected chi connectivity index (χ4v) is 1.87. The molecule has 90 valence electrons. The smallest absolute Gasteiger partial charge is 0.0610 e. The highest BCUT2D eigenvalue weighted by Crippen LogP contribution is 2.37. The van der Waals surface area contributed by atoms with E-state index in [1.165, 1.54) is 13.0 Å². The summed E-state index contributed by atoms with van der Waals surface area (Å²) in [5, 5.41) is 12.4. The molecule has 3 atom stereocenters. The fourth-order valence-electron chi connectivity index (χ4n) is 1.87. The third-order valence-corrected chi connectivity index (χ3v) is 3.82. The highest BCUT2D eigenvalue weighted by atomic mass is 16.3. The van der Waals surface area contributed by atoms with Crippen LogP contribution >= 0.6 is 0 Å². The van der Waals surface area contributed by atoms with E-state index in [4.69, 9.17) is 0 Å². The monoisotopic (exact) mass is 214 g/mol. The number of hydrogen-bond acceptors (Lipinski definition) is 3. The predicted molar refractivity (Wildman–Crippen MR) is 63.9 cm³/mol. The molecule has 1 saturated carbocycles. The molecule has 1 aliphatic carbocycles. The Bertz CT molecular complexity index is 192. The number of rotatable bonds is 7. The summed E-state index contributed by atoms with van der Waals surface area (Å²) in [4.78, 5) is 2.39. The fraction of sp³-hybridized carbons (Fsp3) is 1.00. The first-order chi connectivity index (χ1) is 7.00. The van der Waals surface area contributed by atoms with Gasteiger partial charge in [0.1, 0.15) is 0 Å². The zero-order valence-corrected chi connectivity index (χ0v) is 10.6. The number of likely N-dealkylation sites (N-methyl/N-ethyl adjacent to an activating group) is 1. The van der Waals surface area contributed by atoms with Crippen molar-refractivity contribution in [2.75, 3.05) is 33.8 Å². The summed E-state index contributed by atoms with van der Waals surface area (Å²) in [7, 11) is 4.09. The van der Waals surface area contributed by atoms with Crippen LogP contribution in [-0.4, -0.2) is 49.3 Å². The van der Waals surface area contributed by atoms with Crippen molar-refractivity contribution in [2.45, 2.75) is 32.2 Å². The normalized spacial score (nSPS) is 29.2. The summed E-state index contributed by atoms with van der Waals surface area (Å²) in [6.45, 7) is 6.87. The molecule has 2 N–H and O–H groups in total. The molecule has 15 heavy (non-hydrogen) atoms. The first-order valence-electron chi connectivity index (χ1n) is 5.99. The topological polar surface area (TPSA) is 35.5 Å². The molecule has 1 aliphatic rings. The molecule has 0 saturated heterocycles. The van der Waals surface area contributed by atoms with Crippen LogP contribution in [-0.2, 0) is 0 Å². The predicted octanol–water partition coefficient (Wildman–Crippen LogP) is 0.935. The largest absolute Gasteiger partial charge is 0.394 e. The molecule has 0 aromatic heterocycles. The van der Waals surface area contributed by atoms with Gasteiger partial charge in [-0.3, -0.25) is 0 Å². The lowest BCUT2D eigenvalue weighted by Gasteiger charge is -2.29. The van der Waals surface area contributed by atoms with Crippen LogP contribution < -0.4 is 5.32 Å². The first-order valence-corrected chi connectivity index (χ1v) is 5.99. The van der Waals surface area contributed by atoms with Crippen LogP contribution in [0.15, 0.2) is 0 Å². The van der Waals surface area contributed by atoms with E-state index in [2.05, 4.69) is 31.1 Å². The second-order valence-corrected chi connectivity index (χ2v) is 5.45. The van der Waals surface area contributed by atoms with Crippen molar-refractivity contribution in [1.29, 1.82) is 0 Å². The van der Waals surface area contributed by atoms with E-state index in [1.54, 1.807) is 0 Å². The van der Waals surface area contributed by atoms with Crippen LogP contribution in [0.1, 0.15) is 26.7 Å². The maximum Gasteiger partial charge on any atom is 0.0610 e. The van der Waals surface area contributed by atoms with Crippen LogP contribution in [0.25, 0.3) is 0 Å². The molecule has 3 nitrogen and oxygen atoms in total. The lowest BCUT2D eigenvalue weighted by Crippen LogP contribution is -2.45. The third-order valence-electron chi connectivity index (χ3n) is 3.82. The SMILES string of the molecule is CNC(C)(CO)CCN(C)CC1CC1C. The van der Waals surface area contributed by atoms with Gasteiger partial charge < -0.3 is 15.3 Å². The Morgan fingerprint density at radius 3 is 2.53 bits per heavy atom. The summed E-state index contributed by atoms with van der Waals surface area (Å²) in [6, 6.07) is 0. The summed E-state index contributed by atoms with van der Waals surface area (Å²) >= 11 is 0. The Kier molecular flexibility index (Phi) is 4.56. The van der Waals surface area contributed by atoms with Crippen molar-refractivity contribution < 1.29 is 5.11 Å². The second-order valence-electron chi connectivity index (χ2n) is 5.45. The zero-order chi connectivity index (χ0) is 11.5. The maximum absolute atomic E-state index is 9.25. The lowest BCUT2D eigenvalue weighted by atomic mass is 9.99. The number of nitrogens with zero attached hydrogens (tertiary/aromatic N) is 1. The van der Waals surface area contributed by atoms with Crippen molar-refractivity contribution >= 4 is 0 Å². The molecule has 0 bridgehead atoms. The Morgan fingerprint density at radius 2 is 2.13 bits per heavy atom. The molecule has 0 amide bonds. The molecule has 0 heterocycles. The summed E-state index contributed by atoms with van der Waals surface area (Å²) in [5.41, 5.74) is -0.122. The van der Waals surface area contributed by atoms with Crippen molar-refractivity contribution in [3.8, 4) is 0 Å². The highest BCUT2D eigenvalue weighted by molar-refractivity contribution is 4.86. The van der Waals surface area contributed by atoms with Gasteiger partial charge in [-0.1, -0.05) is 6.92 Å². The van der Waals surface area contributed by atoms with Gasteiger partial charge in [0.05, 0.1) is 6.61 Å². The molecule has 0 aromatic carbocycles. The van der Waals surface area contributed by atoms with Gasteiger partial charge in [-0.25, -0.2) is 0 Å². The van der Waals surface area contributed by atoms with E-state index < -0.39 is 0 Å². The van der Waals surface area contributed by atoms with E-state index in [0.29, 0.717) is 0 Å². The van der Waals surface area contributed by atoms with Gasteiger partial charge in [-0.15, -0.1) is 0 Å². The lowest BCUT2D eigenvalue weighted by molar-refractivity contribution is 0.157. The van der Waals surface area contributed by atoms with Crippen molar-refractivity contribution in [3.05, 3.63) is 0 Å². The van der Waals surface area contributed by atoms with E-state index in [1.807, 2.05) is 7.05 Å².